The second-order valence-corrected chi connectivity index (χ2v) is 3.94. The number of benzene rings is 1. The maximum Gasteiger partial charge on any atom is 0.180 e. The van der Waals surface area contributed by atoms with Gasteiger partial charge in [0.1, 0.15) is 6.33 Å². The van der Waals surface area contributed by atoms with E-state index >= 15 is 0 Å². The number of hydrogen-bond donors (Lipinski definition) is 1. The molecule has 1 aromatic carbocycles. The highest BCUT2D eigenvalue weighted by Crippen LogP contribution is 2.21. The molecule has 84 valence electrons. The molecule has 2 heterocycles. The van der Waals surface area contributed by atoms with E-state index in [0.29, 0.717) is 0 Å². The predicted molar refractivity (Wildman–Crippen MR) is 65.4 cm³/mol. The van der Waals surface area contributed by atoms with Crippen molar-refractivity contribution in [3.63, 3.8) is 0 Å². The van der Waals surface area contributed by atoms with Crippen LogP contribution in [0.25, 0.3) is 16.9 Å². The molecule has 3 aromatic rings. The average molecular weight is 225 g/mol. The summed E-state index contributed by atoms with van der Waals surface area (Å²) in [5, 5.41) is 12.3. The topological polar surface area (TPSA) is 69.1 Å². The number of hydrogen-bond acceptors (Lipinski definition) is 4. The van der Waals surface area contributed by atoms with Crippen molar-refractivity contribution in [3.8, 4) is 11.3 Å². The molecule has 0 fully saturated rings. The minimum Gasteiger partial charge on any atom is -0.399 e. The van der Waals surface area contributed by atoms with Gasteiger partial charge in [-0.25, -0.2) is 0 Å². The van der Waals surface area contributed by atoms with Crippen molar-refractivity contribution in [1.82, 2.24) is 19.8 Å². The molecule has 0 saturated carbocycles. The van der Waals surface area contributed by atoms with E-state index in [0.717, 1.165) is 28.2 Å². The Kier molecular flexibility index (Phi) is 2.04. The van der Waals surface area contributed by atoms with Crippen LogP contribution in [0.3, 0.4) is 0 Å². The standard InChI is InChI=1S/C12H11N5/c1-8-5-11(9-3-2-4-10(13)6-9)16-17-7-14-15-12(8)17/h2-7H,13H2,1H3. The van der Waals surface area contributed by atoms with E-state index in [2.05, 4.69) is 15.3 Å². The molecule has 0 aliphatic rings. The number of fused-ring (bicyclic) bond motifs is 1. The Labute approximate surface area is 97.9 Å². The number of nitrogens with zero attached hydrogens (tertiary/aromatic N) is 4. The molecular weight excluding hydrogens is 214 g/mol. The van der Waals surface area contributed by atoms with Crippen LogP contribution in [0.4, 0.5) is 5.69 Å². The highest BCUT2D eigenvalue weighted by Gasteiger charge is 2.06. The molecule has 0 spiro atoms. The number of nitrogen functional groups attached to an aromatic ring is 1. The quantitative estimate of drug-likeness (QED) is 0.640. The monoisotopic (exact) mass is 225 g/mol. The van der Waals surface area contributed by atoms with Crippen molar-refractivity contribution in [2.45, 2.75) is 6.92 Å². The van der Waals surface area contributed by atoms with Gasteiger partial charge < -0.3 is 5.73 Å². The fraction of sp³-hybridized carbons (Fsp3) is 0.0833. The highest BCUT2D eigenvalue weighted by atomic mass is 15.3. The van der Waals surface area contributed by atoms with Gasteiger partial charge in [-0.3, -0.25) is 0 Å². The molecule has 0 saturated heterocycles. The lowest BCUT2D eigenvalue weighted by Crippen LogP contribution is -1.96. The number of anilines is 1. The van der Waals surface area contributed by atoms with Crippen LogP contribution < -0.4 is 5.73 Å². The molecule has 5 heteroatoms. The first-order chi connectivity index (χ1) is 8.24. The van der Waals surface area contributed by atoms with Gasteiger partial charge in [0.2, 0.25) is 0 Å². The largest absolute Gasteiger partial charge is 0.399 e. The van der Waals surface area contributed by atoms with Crippen molar-refractivity contribution < 1.29 is 0 Å². The summed E-state index contributed by atoms with van der Waals surface area (Å²) in [6.45, 7) is 1.99. The van der Waals surface area contributed by atoms with Gasteiger partial charge in [0.25, 0.3) is 0 Å². The van der Waals surface area contributed by atoms with Crippen LogP contribution in [0.5, 0.6) is 0 Å². The first kappa shape index (κ1) is 9.77. The SMILES string of the molecule is Cc1cc(-c2cccc(N)c2)nn2cnnc12. The second kappa shape index (κ2) is 3.55. The molecule has 0 bridgehead atoms. The van der Waals surface area contributed by atoms with Crippen molar-refractivity contribution in [2.24, 2.45) is 0 Å². The van der Waals surface area contributed by atoms with Gasteiger partial charge in [0, 0.05) is 11.3 Å². The van der Waals surface area contributed by atoms with E-state index in [-0.39, 0.29) is 0 Å². The normalized spacial score (nSPS) is 10.9. The Hall–Kier alpha value is -2.43. The van der Waals surface area contributed by atoms with Crippen LogP contribution in [-0.4, -0.2) is 19.8 Å². The van der Waals surface area contributed by atoms with Gasteiger partial charge in [-0.15, -0.1) is 10.2 Å². The zero-order valence-corrected chi connectivity index (χ0v) is 9.33. The van der Waals surface area contributed by atoms with E-state index in [1.807, 2.05) is 37.3 Å². The van der Waals surface area contributed by atoms with Crippen molar-refractivity contribution >= 4 is 11.3 Å². The number of aromatic nitrogens is 4. The van der Waals surface area contributed by atoms with Gasteiger partial charge in [-0.05, 0) is 30.7 Å². The summed E-state index contributed by atoms with van der Waals surface area (Å²) in [4.78, 5) is 0. The van der Waals surface area contributed by atoms with Gasteiger partial charge in [-0.2, -0.15) is 9.61 Å². The molecule has 2 aromatic heterocycles. The van der Waals surface area contributed by atoms with Crippen LogP contribution in [-0.2, 0) is 0 Å². The van der Waals surface area contributed by atoms with Gasteiger partial charge >= 0.3 is 0 Å². The van der Waals surface area contributed by atoms with E-state index in [1.165, 1.54) is 0 Å². The average Bonchev–Trinajstić information content (AvgIpc) is 2.77. The zero-order valence-electron chi connectivity index (χ0n) is 9.33. The van der Waals surface area contributed by atoms with Crippen molar-refractivity contribution in [1.29, 1.82) is 0 Å². The summed E-state index contributed by atoms with van der Waals surface area (Å²) in [5.74, 6) is 0. The van der Waals surface area contributed by atoms with Crippen LogP contribution in [0.1, 0.15) is 5.56 Å². The second-order valence-electron chi connectivity index (χ2n) is 3.94. The van der Waals surface area contributed by atoms with E-state index in [9.17, 15) is 0 Å². The molecule has 0 aliphatic heterocycles. The Morgan fingerprint density at radius 1 is 1.24 bits per heavy atom. The predicted octanol–water partition coefficient (Wildman–Crippen LogP) is 1.68. The molecular formula is C12H11N5. The highest BCUT2D eigenvalue weighted by molar-refractivity contribution is 5.66. The third-order valence-corrected chi connectivity index (χ3v) is 2.63. The Bertz CT molecular complexity index is 686. The lowest BCUT2D eigenvalue weighted by atomic mass is 10.1. The first-order valence-electron chi connectivity index (χ1n) is 5.27. The first-order valence-corrected chi connectivity index (χ1v) is 5.27. The third-order valence-electron chi connectivity index (χ3n) is 2.63. The zero-order chi connectivity index (χ0) is 11.8. The van der Waals surface area contributed by atoms with E-state index in [4.69, 9.17) is 5.73 Å². The minimum absolute atomic E-state index is 0.728. The van der Waals surface area contributed by atoms with E-state index < -0.39 is 0 Å². The summed E-state index contributed by atoms with van der Waals surface area (Å²) in [6.07, 6.45) is 1.60. The number of aryl methyl sites for hydroxylation is 1. The summed E-state index contributed by atoms with van der Waals surface area (Å²) < 4.78 is 1.67. The lowest BCUT2D eigenvalue weighted by molar-refractivity contribution is 0.926. The number of rotatable bonds is 1. The van der Waals surface area contributed by atoms with Crippen LogP contribution in [0.2, 0.25) is 0 Å². The molecule has 0 amide bonds. The molecule has 0 aliphatic carbocycles. The molecule has 5 nitrogen and oxygen atoms in total. The summed E-state index contributed by atoms with van der Waals surface area (Å²) in [6, 6.07) is 9.64. The lowest BCUT2D eigenvalue weighted by Gasteiger charge is -2.04. The summed E-state index contributed by atoms with van der Waals surface area (Å²) >= 11 is 0. The molecule has 0 unspecified atom stereocenters. The molecule has 2 N–H and O–H groups in total. The maximum absolute atomic E-state index is 5.77. The Balaban J connectivity index is 2.23. The minimum atomic E-state index is 0.728. The van der Waals surface area contributed by atoms with Crippen LogP contribution >= 0.6 is 0 Å². The fourth-order valence-corrected chi connectivity index (χ4v) is 1.82. The van der Waals surface area contributed by atoms with Gasteiger partial charge in [0.15, 0.2) is 5.65 Å². The summed E-state index contributed by atoms with van der Waals surface area (Å²) in [7, 11) is 0. The number of nitrogens with two attached hydrogens (primary N) is 1. The van der Waals surface area contributed by atoms with Crippen molar-refractivity contribution in [2.75, 3.05) is 5.73 Å². The van der Waals surface area contributed by atoms with Crippen LogP contribution in [0.15, 0.2) is 36.7 Å². The molecule has 0 radical (unpaired) electrons. The molecule has 0 atom stereocenters. The Morgan fingerprint density at radius 3 is 2.94 bits per heavy atom. The van der Waals surface area contributed by atoms with Gasteiger partial charge in [0.05, 0.1) is 5.69 Å². The summed E-state index contributed by atoms with van der Waals surface area (Å²) in [5.41, 5.74) is 10.2. The third kappa shape index (κ3) is 1.61. The fourth-order valence-electron chi connectivity index (χ4n) is 1.82. The van der Waals surface area contributed by atoms with Crippen molar-refractivity contribution in [3.05, 3.63) is 42.2 Å². The van der Waals surface area contributed by atoms with E-state index in [1.54, 1.807) is 10.8 Å². The van der Waals surface area contributed by atoms with Gasteiger partial charge in [-0.1, -0.05) is 12.1 Å². The smallest absolute Gasteiger partial charge is 0.180 e. The Morgan fingerprint density at radius 2 is 2.12 bits per heavy atom. The molecule has 17 heavy (non-hydrogen) atoms. The maximum atomic E-state index is 5.77. The van der Waals surface area contributed by atoms with Crippen LogP contribution in [0, 0.1) is 6.92 Å². The molecule has 3 rings (SSSR count).